The molecule has 0 atom stereocenters. The van der Waals surface area contributed by atoms with Gasteiger partial charge in [0, 0.05) is 23.6 Å². The van der Waals surface area contributed by atoms with Crippen molar-refractivity contribution in [2.24, 2.45) is 17.0 Å². The average molecular weight is 274 g/mol. The number of hydrogen-bond acceptors (Lipinski definition) is 3. The van der Waals surface area contributed by atoms with Crippen LogP contribution < -0.4 is 17.0 Å². The number of hydrogen-bond donors (Lipinski definition) is 3. The Hall–Kier alpha value is -2.34. The Morgan fingerprint density at radius 2 is 1.95 bits per heavy atom. The number of nitrogens with zero attached hydrogens (tertiary/aromatic N) is 1. The van der Waals surface area contributed by atoms with Gasteiger partial charge in [0.25, 0.3) is 5.91 Å². The third-order valence-electron chi connectivity index (χ3n) is 3.37. The number of carbonyl (C=O) groups excluding carboxylic acids is 2. The number of hydrazine groups is 1. The fraction of sp³-hybridized carbons (Fsp3) is 0.286. The van der Waals surface area contributed by atoms with E-state index in [1.54, 1.807) is 20.0 Å². The molecule has 0 aliphatic heterocycles. The summed E-state index contributed by atoms with van der Waals surface area (Å²) < 4.78 is 1.85. The zero-order valence-corrected chi connectivity index (χ0v) is 11.5. The Kier molecular flexibility index (Phi) is 3.50. The van der Waals surface area contributed by atoms with Crippen LogP contribution in [0.3, 0.4) is 0 Å². The molecule has 0 aliphatic carbocycles. The van der Waals surface area contributed by atoms with Crippen LogP contribution in [0.1, 0.15) is 24.2 Å². The summed E-state index contributed by atoms with van der Waals surface area (Å²) in [5, 5.41) is 0.781. The van der Waals surface area contributed by atoms with E-state index in [0.29, 0.717) is 12.1 Å². The van der Waals surface area contributed by atoms with Crippen molar-refractivity contribution in [2.45, 2.75) is 20.4 Å². The Bertz CT molecular complexity index is 673. The molecule has 2 rings (SSSR count). The molecular weight excluding hydrogens is 256 g/mol. The zero-order chi connectivity index (χ0) is 14.9. The van der Waals surface area contributed by atoms with Gasteiger partial charge in [0.05, 0.1) is 11.0 Å². The van der Waals surface area contributed by atoms with Crippen LogP contribution >= 0.6 is 0 Å². The van der Waals surface area contributed by atoms with Crippen LogP contribution in [0.25, 0.3) is 10.9 Å². The van der Waals surface area contributed by atoms with Gasteiger partial charge in [-0.3, -0.25) is 15.0 Å². The van der Waals surface area contributed by atoms with E-state index in [2.05, 4.69) is 5.43 Å². The van der Waals surface area contributed by atoms with Gasteiger partial charge in [-0.2, -0.15) is 0 Å². The van der Waals surface area contributed by atoms with Crippen molar-refractivity contribution in [1.82, 2.24) is 9.99 Å². The minimum atomic E-state index is -0.703. The molecule has 106 valence electrons. The zero-order valence-electron chi connectivity index (χ0n) is 11.5. The highest BCUT2D eigenvalue weighted by Crippen LogP contribution is 2.26. The molecule has 0 unspecified atom stereocenters. The molecule has 1 heterocycles. The first-order valence-corrected chi connectivity index (χ1v) is 6.25. The summed E-state index contributed by atoms with van der Waals surface area (Å²) in [6, 6.07) is 7.44. The van der Waals surface area contributed by atoms with Crippen molar-refractivity contribution in [2.75, 3.05) is 0 Å². The average Bonchev–Trinajstić information content (AvgIpc) is 2.76. The number of carbonyl (C=O) groups is 2. The van der Waals surface area contributed by atoms with Gasteiger partial charge in [-0.05, 0) is 19.9 Å². The number of nitrogens with two attached hydrogens (primary N) is 2. The molecule has 5 N–H and O–H groups in total. The number of para-hydroxylation sites is 1. The Morgan fingerprint density at radius 3 is 2.55 bits per heavy atom. The van der Waals surface area contributed by atoms with Crippen LogP contribution in [-0.4, -0.2) is 16.4 Å². The van der Waals surface area contributed by atoms with Crippen molar-refractivity contribution < 1.29 is 9.59 Å². The van der Waals surface area contributed by atoms with E-state index in [9.17, 15) is 9.59 Å². The van der Waals surface area contributed by atoms with Crippen molar-refractivity contribution in [3.63, 3.8) is 0 Å². The first kappa shape index (κ1) is 14.1. The highest BCUT2D eigenvalue weighted by Gasteiger charge is 2.28. The first-order valence-electron chi connectivity index (χ1n) is 6.25. The maximum atomic E-state index is 11.8. The Morgan fingerprint density at radius 1 is 1.30 bits per heavy atom. The minimum Gasteiger partial charge on any atom is -0.366 e. The summed E-state index contributed by atoms with van der Waals surface area (Å²) in [4.78, 5) is 23.3. The molecule has 0 spiro atoms. The molecule has 0 fully saturated rings. The van der Waals surface area contributed by atoms with Gasteiger partial charge in [0.15, 0.2) is 0 Å². The number of nitrogens with one attached hydrogen (secondary N) is 1. The highest BCUT2D eigenvalue weighted by atomic mass is 16.2. The molecule has 20 heavy (non-hydrogen) atoms. The fourth-order valence-electron chi connectivity index (χ4n) is 2.27. The molecule has 0 radical (unpaired) electrons. The smallest absolute Gasteiger partial charge is 0.250 e. The van der Waals surface area contributed by atoms with Gasteiger partial charge >= 0.3 is 0 Å². The molecule has 0 aliphatic rings. The number of fused-ring (bicyclic) bond motifs is 1. The summed E-state index contributed by atoms with van der Waals surface area (Å²) in [6.07, 6.45) is 1.68. The van der Waals surface area contributed by atoms with E-state index in [4.69, 9.17) is 11.6 Å². The largest absolute Gasteiger partial charge is 0.366 e. The van der Waals surface area contributed by atoms with Gasteiger partial charge in [-0.15, -0.1) is 0 Å². The second-order valence-electron chi connectivity index (χ2n) is 5.41. The number of primary amides is 1. The van der Waals surface area contributed by atoms with Gasteiger partial charge in [0.2, 0.25) is 5.91 Å². The lowest BCUT2D eigenvalue weighted by atomic mass is 9.92. The molecule has 1 aromatic heterocycles. The molecule has 0 saturated heterocycles. The molecular formula is C14H18N4O2. The van der Waals surface area contributed by atoms with Gasteiger partial charge in [-0.25, -0.2) is 5.84 Å². The summed E-state index contributed by atoms with van der Waals surface area (Å²) >= 11 is 0. The van der Waals surface area contributed by atoms with E-state index in [1.165, 1.54) is 0 Å². The normalized spacial score (nSPS) is 11.6. The summed E-state index contributed by atoms with van der Waals surface area (Å²) in [5.41, 5.74) is 8.16. The minimum absolute atomic E-state index is 0.268. The van der Waals surface area contributed by atoms with Crippen LogP contribution in [0.5, 0.6) is 0 Å². The van der Waals surface area contributed by atoms with Crippen LogP contribution in [0.15, 0.2) is 30.5 Å². The molecule has 0 bridgehead atoms. The van der Waals surface area contributed by atoms with E-state index >= 15 is 0 Å². The van der Waals surface area contributed by atoms with Crippen molar-refractivity contribution in [3.8, 4) is 0 Å². The lowest BCUT2D eigenvalue weighted by Gasteiger charge is -2.23. The maximum Gasteiger partial charge on any atom is 0.250 e. The summed E-state index contributed by atoms with van der Waals surface area (Å²) in [7, 11) is 0. The standard InChI is InChI=1S/C14H18N4O2/c1-14(2,13(20)17-16)8-18-7-10(12(15)19)9-5-3-4-6-11(9)18/h3-7H,8,16H2,1-2H3,(H2,15,19)(H,17,20). The van der Waals surface area contributed by atoms with Gasteiger partial charge in [0.1, 0.15) is 0 Å². The third kappa shape index (κ3) is 2.37. The first-order chi connectivity index (χ1) is 9.36. The Balaban J connectivity index is 2.50. The number of rotatable bonds is 4. The van der Waals surface area contributed by atoms with E-state index < -0.39 is 11.3 Å². The van der Waals surface area contributed by atoms with Gasteiger partial charge < -0.3 is 10.3 Å². The van der Waals surface area contributed by atoms with Crippen LogP contribution in [0.2, 0.25) is 0 Å². The van der Waals surface area contributed by atoms with E-state index in [1.807, 2.05) is 28.8 Å². The third-order valence-corrected chi connectivity index (χ3v) is 3.37. The second-order valence-corrected chi connectivity index (χ2v) is 5.41. The molecule has 0 saturated carbocycles. The van der Waals surface area contributed by atoms with E-state index in [-0.39, 0.29) is 5.91 Å². The highest BCUT2D eigenvalue weighted by molar-refractivity contribution is 6.06. The maximum absolute atomic E-state index is 11.8. The molecule has 6 heteroatoms. The predicted octanol–water partition coefficient (Wildman–Crippen LogP) is 0.756. The topological polar surface area (TPSA) is 103 Å². The SMILES string of the molecule is CC(C)(Cn1cc(C(N)=O)c2ccccc21)C(=O)NN. The molecule has 6 nitrogen and oxygen atoms in total. The second kappa shape index (κ2) is 4.97. The lowest BCUT2D eigenvalue weighted by molar-refractivity contribution is -0.130. The molecule has 1 aromatic carbocycles. The predicted molar refractivity (Wildman–Crippen MR) is 76.6 cm³/mol. The fourth-order valence-corrected chi connectivity index (χ4v) is 2.27. The van der Waals surface area contributed by atoms with Crippen LogP contribution in [0, 0.1) is 5.41 Å². The summed E-state index contributed by atoms with van der Waals surface area (Å²) in [5.74, 6) is 4.44. The summed E-state index contributed by atoms with van der Waals surface area (Å²) in [6.45, 7) is 3.96. The van der Waals surface area contributed by atoms with E-state index in [0.717, 1.165) is 10.9 Å². The van der Waals surface area contributed by atoms with Crippen LogP contribution in [-0.2, 0) is 11.3 Å². The van der Waals surface area contributed by atoms with Crippen molar-refractivity contribution in [3.05, 3.63) is 36.0 Å². The van der Waals surface area contributed by atoms with Crippen molar-refractivity contribution >= 4 is 22.7 Å². The Labute approximate surface area is 116 Å². The van der Waals surface area contributed by atoms with Crippen LogP contribution in [0.4, 0.5) is 0 Å². The number of aromatic nitrogens is 1. The monoisotopic (exact) mass is 274 g/mol. The molecule has 2 aromatic rings. The number of amides is 2. The van der Waals surface area contributed by atoms with Gasteiger partial charge in [-0.1, -0.05) is 18.2 Å². The lowest BCUT2D eigenvalue weighted by Crippen LogP contribution is -2.43. The van der Waals surface area contributed by atoms with Crippen molar-refractivity contribution in [1.29, 1.82) is 0 Å². The molecule has 2 amide bonds. The number of benzene rings is 1. The quantitative estimate of drug-likeness (QED) is 0.435.